The molecule has 1 aromatic carbocycles. The maximum absolute atomic E-state index is 13.1. The number of nitrogens with zero attached hydrogens (tertiary/aromatic N) is 1. The maximum atomic E-state index is 13.1. The lowest BCUT2D eigenvalue weighted by molar-refractivity contribution is -0.129. The molecule has 6 nitrogen and oxygen atoms in total. The first-order valence-corrected chi connectivity index (χ1v) is 8.21. The number of hydrogen-bond acceptors (Lipinski definition) is 4. The zero-order valence-corrected chi connectivity index (χ0v) is 12.3. The summed E-state index contributed by atoms with van der Waals surface area (Å²) in [7, 11) is -3.92. The Morgan fingerprint density at radius 3 is 2.67 bits per heavy atom. The lowest BCUT2D eigenvalue weighted by Crippen LogP contribution is -2.33. The van der Waals surface area contributed by atoms with E-state index < -0.39 is 15.8 Å². The summed E-state index contributed by atoms with van der Waals surface area (Å²) in [6.45, 7) is 1.42. The summed E-state index contributed by atoms with van der Waals surface area (Å²) in [5.74, 6) is -0.764. The lowest BCUT2D eigenvalue weighted by Gasteiger charge is -2.15. The Bertz CT molecular complexity index is 628. The first kappa shape index (κ1) is 15.7. The summed E-state index contributed by atoms with van der Waals surface area (Å²) in [6.07, 6.45) is 2.04. The van der Waals surface area contributed by atoms with E-state index in [1.165, 1.54) is 6.07 Å². The SMILES string of the molecule is Nc1ccc(F)cc1S(=O)(=O)NCCC(=O)N1CCCC1. The topological polar surface area (TPSA) is 92.5 Å². The van der Waals surface area contributed by atoms with E-state index in [4.69, 9.17) is 5.73 Å². The molecular weight excluding hydrogens is 297 g/mol. The van der Waals surface area contributed by atoms with Gasteiger partial charge in [-0.15, -0.1) is 0 Å². The molecule has 0 unspecified atom stereocenters. The number of halogens is 1. The third-order valence-electron chi connectivity index (χ3n) is 3.35. The van der Waals surface area contributed by atoms with Crippen LogP contribution in [0.1, 0.15) is 19.3 Å². The Hall–Kier alpha value is -1.67. The van der Waals surface area contributed by atoms with Crippen molar-refractivity contribution >= 4 is 21.6 Å². The van der Waals surface area contributed by atoms with Gasteiger partial charge in [0.05, 0.1) is 5.69 Å². The molecule has 1 saturated heterocycles. The fourth-order valence-corrected chi connectivity index (χ4v) is 3.41. The van der Waals surface area contributed by atoms with Crippen molar-refractivity contribution in [2.75, 3.05) is 25.4 Å². The minimum atomic E-state index is -3.92. The van der Waals surface area contributed by atoms with Gasteiger partial charge in [0.15, 0.2) is 0 Å². The molecule has 0 spiro atoms. The zero-order valence-electron chi connectivity index (χ0n) is 11.5. The molecule has 0 radical (unpaired) electrons. The Kier molecular flexibility index (Phi) is 4.79. The molecule has 3 N–H and O–H groups in total. The number of amides is 1. The smallest absolute Gasteiger partial charge is 0.242 e. The van der Waals surface area contributed by atoms with E-state index in [1.54, 1.807) is 4.90 Å². The number of likely N-dealkylation sites (tertiary alicyclic amines) is 1. The van der Waals surface area contributed by atoms with Gasteiger partial charge in [-0.1, -0.05) is 0 Å². The van der Waals surface area contributed by atoms with E-state index in [-0.39, 0.29) is 29.5 Å². The van der Waals surface area contributed by atoms with E-state index in [0.29, 0.717) is 0 Å². The van der Waals surface area contributed by atoms with Gasteiger partial charge in [-0.25, -0.2) is 17.5 Å². The van der Waals surface area contributed by atoms with Crippen LogP contribution in [-0.4, -0.2) is 38.9 Å². The number of anilines is 1. The predicted molar refractivity (Wildman–Crippen MR) is 76.4 cm³/mol. The van der Waals surface area contributed by atoms with Gasteiger partial charge in [0.25, 0.3) is 0 Å². The summed E-state index contributed by atoms with van der Waals surface area (Å²) in [5.41, 5.74) is 5.51. The molecule has 0 aromatic heterocycles. The van der Waals surface area contributed by atoms with Crippen LogP contribution < -0.4 is 10.5 Å². The van der Waals surface area contributed by atoms with Gasteiger partial charge < -0.3 is 10.6 Å². The Morgan fingerprint density at radius 2 is 2.00 bits per heavy atom. The molecule has 0 saturated carbocycles. The van der Waals surface area contributed by atoms with Crippen LogP contribution in [0.5, 0.6) is 0 Å². The normalized spacial score (nSPS) is 15.4. The average Bonchev–Trinajstić information content (AvgIpc) is 2.95. The quantitative estimate of drug-likeness (QED) is 0.782. The number of carbonyl (C=O) groups is 1. The van der Waals surface area contributed by atoms with Crippen molar-refractivity contribution in [1.29, 1.82) is 0 Å². The van der Waals surface area contributed by atoms with E-state index >= 15 is 0 Å². The van der Waals surface area contributed by atoms with Crippen LogP contribution >= 0.6 is 0 Å². The van der Waals surface area contributed by atoms with Gasteiger partial charge in [0, 0.05) is 26.1 Å². The number of sulfonamides is 1. The number of benzene rings is 1. The van der Waals surface area contributed by atoms with Crippen molar-refractivity contribution in [1.82, 2.24) is 9.62 Å². The van der Waals surface area contributed by atoms with Crippen LogP contribution in [0.25, 0.3) is 0 Å². The lowest BCUT2D eigenvalue weighted by atomic mass is 10.3. The van der Waals surface area contributed by atoms with Crippen molar-refractivity contribution < 1.29 is 17.6 Å². The first-order valence-electron chi connectivity index (χ1n) is 6.72. The molecule has 0 aliphatic carbocycles. The number of rotatable bonds is 5. The third kappa shape index (κ3) is 3.92. The number of hydrogen-bond donors (Lipinski definition) is 2. The molecule has 1 aliphatic rings. The molecule has 21 heavy (non-hydrogen) atoms. The van der Waals surface area contributed by atoms with E-state index in [9.17, 15) is 17.6 Å². The van der Waals surface area contributed by atoms with Gasteiger partial charge in [-0.2, -0.15) is 0 Å². The molecule has 8 heteroatoms. The highest BCUT2D eigenvalue weighted by atomic mass is 32.2. The van der Waals surface area contributed by atoms with Crippen LogP contribution in [-0.2, 0) is 14.8 Å². The third-order valence-corrected chi connectivity index (χ3v) is 4.87. The molecule has 0 bridgehead atoms. The van der Waals surface area contributed by atoms with Crippen LogP contribution in [0.4, 0.5) is 10.1 Å². The van der Waals surface area contributed by atoms with Gasteiger partial charge in [-0.3, -0.25) is 4.79 Å². The van der Waals surface area contributed by atoms with E-state index in [2.05, 4.69) is 4.72 Å². The molecule has 1 fully saturated rings. The highest BCUT2D eigenvalue weighted by Gasteiger charge is 2.21. The Balaban J connectivity index is 1.95. The standard InChI is InChI=1S/C13H18FN3O3S/c14-10-3-4-11(15)12(9-10)21(19,20)16-6-5-13(18)17-7-1-2-8-17/h3-4,9,16H,1-2,5-8,15H2. The largest absolute Gasteiger partial charge is 0.398 e. The molecule has 2 rings (SSSR count). The van der Waals surface area contributed by atoms with Crippen molar-refractivity contribution in [3.8, 4) is 0 Å². The van der Waals surface area contributed by atoms with Crippen molar-refractivity contribution in [3.05, 3.63) is 24.0 Å². The monoisotopic (exact) mass is 315 g/mol. The molecule has 0 atom stereocenters. The number of carbonyl (C=O) groups excluding carboxylic acids is 1. The highest BCUT2D eigenvalue weighted by molar-refractivity contribution is 7.89. The molecular formula is C13H18FN3O3S. The predicted octanol–water partition coefficient (Wildman–Crippen LogP) is 0.699. The molecule has 1 amide bonds. The summed E-state index contributed by atoms with van der Waals surface area (Å²) in [6, 6.07) is 3.14. The van der Waals surface area contributed by atoms with Crippen LogP contribution in [0.3, 0.4) is 0 Å². The fourth-order valence-electron chi connectivity index (χ4n) is 2.24. The van der Waals surface area contributed by atoms with Gasteiger partial charge >= 0.3 is 0 Å². The van der Waals surface area contributed by atoms with E-state index in [0.717, 1.165) is 38.1 Å². The molecule has 1 heterocycles. The van der Waals surface area contributed by atoms with Gasteiger partial charge in [0.2, 0.25) is 15.9 Å². The first-order chi connectivity index (χ1) is 9.90. The van der Waals surface area contributed by atoms with Gasteiger partial charge in [0.1, 0.15) is 10.7 Å². The number of nitrogen functional groups attached to an aromatic ring is 1. The number of nitrogens with one attached hydrogen (secondary N) is 1. The van der Waals surface area contributed by atoms with Crippen LogP contribution in [0, 0.1) is 5.82 Å². The minimum absolute atomic E-state index is 0.0326. The van der Waals surface area contributed by atoms with Crippen LogP contribution in [0.15, 0.2) is 23.1 Å². The molecule has 116 valence electrons. The maximum Gasteiger partial charge on any atom is 0.242 e. The summed E-state index contributed by atoms with van der Waals surface area (Å²) in [5, 5.41) is 0. The average molecular weight is 315 g/mol. The zero-order chi connectivity index (χ0) is 15.5. The molecule has 1 aromatic rings. The second-order valence-corrected chi connectivity index (χ2v) is 6.65. The summed E-state index contributed by atoms with van der Waals surface area (Å²) in [4.78, 5) is 13.2. The van der Waals surface area contributed by atoms with Gasteiger partial charge in [-0.05, 0) is 31.0 Å². The van der Waals surface area contributed by atoms with Crippen LogP contribution in [0.2, 0.25) is 0 Å². The van der Waals surface area contributed by atoms with Crippen molar-refractivity contribution in [3.63, 3.8) is 0 Å². The summed E-state index contributed by atoms with van der Waals surface area (Å²) >= 11 is 0. The van der Waals surface area contributed by atoms with E-state index in [1.807, 2.05) is 0 Å². The second kappa shape index (κ2) is 6.40. The fraction of sp³-hybridized carbons (Fsp3) is 0.462. The van der Waals surface area contributed by atoms with Crippen molar-refractivity contribution in [2.24, 2.45) is 0 Å². The highest BCUT2D eigenvalue weighted by Crippen LogP contribution is 2.19. The Morgan fingerprint density at radius 1 is 1.33 bits per heavy atom. The minimum Gasteiger partial charge on any atom is -0.398 e. The van der Waals surface area contributed by atoms with Crippen molar-refractivity contribution in [2.45, 2.75) is 24.2 Å². The Labute approximate surface area is 123 Å². The summed E-state index contributed by atoms with van der Waals surface area (Å²) < 4.78 is 39.5. The second-order valence-electron chi connectivity index (χ2n) is 4.92. The number of nitrogens with two attached hydrogens (primary N) is 1. The molecule has 1 aliphatic heterocycles.